The Bertz CT molecular complexity index is 1170. The number of halogens is 3. The first-order chi connectivity index (χ1) is 15.2. The molecule has 1 N–H and O–H groups in total. The highest BCUT2D eigenvalue weighted by molar-refractivity contribution is 7.99. The van der Waals surface area contributed by atoms with Crippen LogP contribution in [-0.2, 0) is 11.8 Å². The number of benzene rings is 2. The zero-order valence-corrected chi connectivity index (χ0v) is 19.8. The molecular formula is C19H16Cl3N5O4S. The first-order valence-corrected chi connectivity index (χ1v) is 11.1. The molecule has 1 amide bonds. The van der Waals surface area contributed by atoms with Crippen LogP contribution in [0.1, 0.15) is 18.9 Å². The summed E-state index contributed by atoms with van der Waals surface area (Å²) in [6.07, 6.45) is -0.485. The van der Waals surface area contributed by atoms with Crippen LogP contribution in [0.4, 0.5) is 11.4 Å². The highest BCUT2D eigenvalue weighted by Gasteiger charge is 2.20. The van der Waals surface area contributed by atoms with E-state index in [1.54, 1.807) is 36.7 Å². The number of nitro benzene ring substituents is 1. The van der Waals surface area contributed by atoms with Crippen LogP contribution in [0.3, 0.4) is 0 Å². The van der Waals surface area contributed by atoms with E-state index in [-0.39, 0.29) is 28.1 Å². The van der Waals surface area contributed by atoms with Gasteiger partial charge >= 0.3 is 0 Å². The minimum absolute atomic E-state index is 0.00983. The molecule has 0 aliphatic heterocycles. The summed E-state index contributed by atoms with van der Waals surface area (Å²) in [5, 5.41) is 23.2. The number of hydrogen-bond acceptors (Lipinski definition) is 7. The van der Waals surface area contributed by atoms with Gasteiger partial charge in [0.2, 0.25) is 5.91 Å². The first kappa shape index (κ1) is 24.1. The number of hydrogen-bond donors (Lipinski definition) is 1. The fraction of sp³-hybridized carbons (Fsp3) is 0.211. The Morgan fingerprint density at radius 2 is 1.94 bits per heavy atom. The van der Waals surface area contributed by atoms with Crippen molar-refractivity contribution in [3.05, 3.63) is 67.4 Å². The summed E-state index contributed by atoms with van der Waals surface area (Å²) < 4.78 is 7.56. The third kappa shape index (κ3) is 5.83. The van der Waals surface area contributed by atoms with Crippen molar-refractivity contribution < 1.29 is 14.5 Å². The van der Waals surface area contributed by atoms with E-state index >= 15 is 0 Å². The van der Waals surface area contributed by atoms with Gasteiger partial charge in [0.05, 0.1) is 15.7 Å². The van der Waals surface area contributed by atoms with Crippen molar-refractivity contribution in [1.29, 1.82) is 0 Å². The second-order valence-electron chi connectivity index (χ2n) is 6.49. The summed E-state index contributed by atoms with van der Waals surface area (Å²) in [5.41, 5.74) is -0.0189. The van der Waals surface area contributed by atoms with Gasteiger partial charge in [0.15, 0.2) is 17.1 Å². The zero-order chi connectivity index (χ0) is 23.4. The predicted octanol–water partition coefficient (Wildman–Crippen LogP) is 5.55. The summed E-state index contributed by atoms with van der Waals surface area (Å²) in [6, 6.07) is 8.94. The maximum atomic E-state index is 12.3. The lowest BCUT2D eigenvalue weighted by Crippen LogP contribution is -2.15. The minimum Gasteiger partial charge on any atom is -0.481 e. The van der Waals surface area contributed by atoms with Crippen molar-refractivity contribution in [2.24, 2.45) is 7.05 Å². The van der Waals surface area contributed by atoms with Gasteiger partial charge < -0.3 is 14.6 Å². The van der Waals surface area contributed by atoms with Gasteiger partial charge in [-0.05, 0) is 31.2 Å². The van der Waals surface area contributed by atoms with Gasteiger partial charge in [0.1, 0.15) is 10.8 Å². The fourth-order valence-corrected chi connectivity index (χ4v) is 3.90. The number of thioether (sulfide) groups is 1. The maximum Gasteiger partial charge on any atom is 0.289 e. The lowest BCUT2D eigenvalue weighted by molar-refractivity contribution is -0.384. The summed E-state index contributed by atoms with van der Waals surface area (Å²) >= 11 is 19.1. The standard InChI is InChI=1S/C19H16Cl3N5O4S/c1-10(31-16-7-11(20)3-5-14(16)22)18-24-25-19(26(18)2)32-9-17(28)23-12-4-6-13(21)15(8-12)27(29)30/h3-8,10H,9H2,1-2H3,(H,23,28). The van der Waals surface area contributed by atoms with Crippen LogP contribution in [0.25, 0.3) is 0 Å². The number of amides is 1. The van der Waals surface area contributed by atoms with Crippen molar-refractivity contribution in [3.63, 3.8) is 0 Å². The van der Waals surface area contributed by atoms with Crippen molar-refractivity contribution in [3.8, 4) is 5.75 Å². The van der Waals surface area contributed by atoms with Gasteiger partial charge in [0, 0.05) is 29.9 Å². The maximum absolute atomic E-state index is 12.3. The smallest absolute Gasteiger partial charge is 0.289 e. The molecule has 9 nitrogen and oxygen atoms in total. The molecular weight excluding hydrogens is 501 g/mol. The Balaban J connectivity index is 1.62. The third-order valence-electron chi connectivity index (χ3n) is 4.19. The molecule has 32 heavy (non-hydrogen) atoms. The number of aromatic nitrogens is 3. The Labute approximate surface area is 202 Å². The Morgan fingerprint density at radius 3 is 2.66 bits per heavy atom. The number of carbonyl (C=O) groups excluding carboxylic acids is 1. The second-order valence-corrected chi connectivity index (χ2v) is 8.69. The fourth-order valence-electron chi connectivity index (χ4n) is 2.67. The molecule has 0 saturated carbocycles. The first-order valence-electron chi connectivity index (χ1n) is 9.03. The number of ether oxygens (including phenoxy) is 1. The van der Waals surface area contributed by atoms with Crippen LogP contribution >= 0.6 is 46.6 Å². The number of nitro groups is 1. The van der Waals surface area contributed by atoms with E-state index in [1.807, 2.05) is 0 Å². The molecule has 3 rings (SSSR count). The van der Waals surface area contributed by atoms with Crippen LogP contribution in [0, 0.1) is 10.1 Å². The van der Waals surface area contributed by atoms with Crippen molar-refractivity contribution in [2.75, 3.05) is 11.1 Å². The van der Waals surface area contributed by atoms with Crippen LogP contribution in [-0.4, -0.2) is 31.3 Å². The number of nitrogens with zero attached hydrogens (tertiary/aromatic N) is 4. The highest BCUT2D eigenvalue weighted by atomic mass is 35.5. The molecule has 1 atom stereocenters. The Morgan fingerprint density at radius 1 is 1.22 bits per heavy atom. The molecule has 0 aliphatic rings. The lowest BCUT2D eigenvalue weighted by Gasteiger charge is -2.15. The number of anilines is 1. The molecule has 2 aromatic carbocycles. The molecule has 0 aliphatic carbocycles. The average Bonchev–Trinajstić information content (AvgIpc) is 3.11. The quantitative estimate of drug-likeness (QED) is 0.237. The summed E-state index contributed by atoms with van der Waals surface area (Å²) in [5.74, 6) is 0.585. The normalized spacial score (nSPS) is 11.8. The molecule has 0 spiro atoms. The molecule has 168 valence electrons. The number of carbonyl (C=O) groups is 1. The molecule has 1 aromatic heterocycles. The molecule has 1 heterocycles. The second kappa shape index (κ2) is 10.4. The topological polar surface area (TPSA) is 112 Å². The Kier molecular flexibility index (Phi) is 7.83. The highest BCUT2D eigenvalue weighted by Crippen LogP contribution is 2.32. The van der Waals surface area contributed by atoms with Gasteiger partial charge in [-0.3, -0.25) is 14.9 Å². The molecule has 0 radical (unpaired) electrons. The van der Waals surface area contributed by atoms with Crippen LogP contribution in [0.5, 0.6) is 5.75 Å². The summed E-state index contributed by atoms with van der Waals surface area (Å²) in [6.45, 7) is 1.79. The van der Waals surface area contributed by atoms with Gasteiger partial charge in [-0.25, -0.2) is 0 Å². The zero-order valence-electron chi connectivity index (χ0n) is 16.7. The minimum atomic E-state index is -0.617. The van der Waals surface area contributed by atoms with Crippen LogP contribution in [0.2, 0.25) is 15.1 Å². The van der Waals surface area contributed by atoms with Gasteiger partial charge in [-0.2, -0.15) is 0 Å². The average molecular weight is 517 g/mol. The summed E-state index contributed by atoms with van der Waals surface area (Å²) in [4.78, 5) is 22.6. The summed E-state index contributed by atoms with van der Waals surface area (Å²) in [7, 11) is 1.75. The van der Waals surface area contributed by atoms with E-state index < -0.39 is 11.0 Å². The monoisotopic (exact) mass is 515 g/mol. The van der Waals surface area contributed by atoms with Crippen LogP contribution < -0.4 is 10.1 Å². The van der Waals surface area contributed by atoms with Crippen molar-refractivity contribution >= 4 is 63.8 Å². The van der Waals surface area contributed by atoms with Crippen molar-refractivity contribution in [2.45, 2.75) is 18.2 Å². The molecule has 0 saturated heterocycles. The molecule has 13 heteroatoms. The van der Waals surface area contributed by atoms with E-state index in [0.717, 1.165) is 11.8 Å². The van der Waals surface area contributed by atoms with Gasteiger partial charge in [0.25, 0.3) is 5.69 Å². The molecule has 1 unspecified atom stereocenters. The van der Waals surface area contributed by atoms with E-state index in [9.17, 15) is 14.9 Å². The third-order valence-corrected chi connectivity index (χ3v) is 6.08. The predicted molar refractivity (Wildman–Crippen MR) is 124 cm³/mol. The Hall–Kier alpha value is -2.53. The van der Waals surface area contributed by atoms with E-state index in [4.69, 9.17) is 39.5 Å². The molecule has 0 fully saturated rings. The van der Waals surface area contributed by atoms with E-state index in [1.165, 1.54) is 18.2 Å². The largest absolute Gasteiger partial charge is 0.481 e. The molecule has 3 aromatic rings. The van der Waals surface area contributed by atoms with Gasteiger partial charge in [-0.1, -0.05) is 46.6 Å². The number of nitrogens with one attached hydrogen (secondary N) is 1. The lowest BCUT2D eigenvalue weighted by atomic mass is 10.3. The molecule has 0 bridgehead atoms. The van der Waals surface area contributed by atoms with Gasteiger partial charge in [-0.15, -0.1) is 10.2 Å². The van der Waals surface area contributed by atoms with Crippen molar-refractivity contribution in [1.82, 2.24) is 14.8 Å². The van der Waals surface area contributed by atoms with Crippen LogP contribution in [0.15, 0.2) is 41.6 Å². The SMILES string of the molecule is CC(Oc1cc(Cl)ccc1Cl)c1nnc(SCC(=O)Nc2ccc(Cl)c([N+](=O)[O-])c2)n1C. The van der Waals surface area contributed by atoms with E-state index in [0.29, 0.717) is 26.8 Å². The van der Waals surface area contributed by atoms with E-state index in [2.05, 4.69) is 15.5 Å². The number of rotatable bonds is 8.